The minimum atomic E-state index is -0.121. The number of hydrogen-bond donors (Lipinski definition) is 2. The van der Waals surface area contributed by atoms with Crippen LogP contribution in [0.15, 0.2) is 42.5 Å². The second kappa shape index (κ2) is 8.44. The van der Waals surface area contributed by atoms with Crippen molar-refractivity contribution in [2.45, 2.75) is 20.3 Å². The average molecular weight is 333 g/mol. The maximum absolute atomic E-state index is 12.0. The maximum Gasteiger partial charge on any atom is 0.243 e. The largest absolute Gasteiger partial charge is 0.494 e. The third-order valence-electron chi connectivity index (χ3n) is 3.24. The molecule has 0 spiro atoms. The summed E-state index contributed by atoms with van der Waals surface area (Å²) in [6.07, 6.45) is 0.965. The fourth-order valence-electron chi connectivity index (χ4n) is 1.94. The highest BCUT2D eigenvalue weighted by Crippen LogP contribution is 2.20. The Labute approximate surface area is 141 Å². The lowest BCUT2D eigenvalue weighted by molar-refractivity contribution is -0.114. The molecule has 0 heterocycles. The third-order valence-corrected chi connectivity index (χ3v) is 3.64. The van der Waals surface area contributed by atoms with Gasteiger partial charge in [0.1, 0.15) is 5.75 Å². The molecule has 0 aliphatic heterocycles. The number of benzene rings is 2. The monoisotopic (exact) mass is 332 g/mol. The fraction of sp³-hybridized carbons (Fsp3) is 0.278. The first-order valence-electron chi connectivity index (χ1n) is 7.61. The van der Waals surface area contributed by atoms with Gasteiger partial charge in [0.2, 0.25) is 5.91 Å². The van der Waals surface area contributed by atoms with E-state index in [0.717, 1.165) is 29.1 Å². The number of carbonyl (C=O) groups excluding carboxylic acids is 1. The molecule has 0 aromatic heterocycles. The van der Waals surface area contributed by atoms with Crippen LogP contribution in [0.2, 0.25) is 5.02 Å². The molecule has 2 aromatic rings. The molecule has 2 rings (SSSR count). The number of ether oxygens (including phenoxy) is 1. The van der Waals surface area contributed by atoms with E-state index in [1.165, 1.54) is 0 Å². The van der Waals surface area contributed by atoms with Crippen LogP contribution in [-0.2, 0) is 4.79 Å². The molecular formula is C18H21ClN2O2. The van der Waals surface area contributed by atoms with Gasteiger partial charge in [-0.2, -0.15) is 0 Å². The molecule has 0 fully saturated rings. The van der Waals surface area contributed by atoms with Gasteiger partial charge in [-0.15, -0.1) is 0 Å². The molecule has 0 aliphatic carbocycles. The van der Waals surface area contributed by atoms with Gasteiger partial charge in [0, 0.05) is 16.4 Å². The molecule has 0 bridgehead atoms. The number of aryl methyl sites for hydroxylation is 1. The van der Waals surface area contributed by atoms with E-state index in [9.17, 15) is 4.79 Å². The van der Waals surface area contributed by atoms with E-state index in [4.69, 9.17) is 16.3 Å². The number of carbonyl (C=O) groups is 1. The van der Waals surface area contributed by atoms with Crippen LogP contribution in [0.1, 0.15) is 18.9 Å². The van der Waals surface area contributed by atoms with Gasteiger partial charge in [0.15, 0.2) is 0 Å². The lowest BCUT2D eigenvalue weighted by atomic mass is 10.2. The molecule has 0 aliphatic rings. The third kappa shape index (κ3) is 5.49. The molecule has 5 heteroatoms. The molecule has 1 amide bonds. The topological polar surface area (TPSA) is 50.4 Å². The zero-order valence-electron chi connectivity index (χ0n) is 13.4. The standard InChI is InChI=1S/C18H21ClN2O2/c1-3-10-23-16-8-6-14(7-9-16)21-18(22)12-20-15-5-4-13(2)17(19)11-15/h4-9,11,20H,3,10,12H2,1-2H3,(H,21,22). The highest BCUT2D eigenvalue weighted by molar-refractivity contribution is 6.31. The van der Waals surface area contributed by atoms with Crippen molar-refractivity contribution in [3.05, 3.63) is 53.1 Å². The van der Waals surface area contributed by atoms with Gasteiger partial charge in [0.05, 0.1) is 13.2 Å². The number of halogens is 1. The molecule has 2 N–H and O–H groups in total. The Morgan fingerprint density at radius 2 is 1.83 bits per heavy atom. The quantitative estimate of drug-likeness (QED) is 0.785. The lowest BCUT2D eigenvalue weighted by Gasteiger charge is -2.10. The second-order valence-electron chi connectivity index (χ2n) is 5.24. The summed E-state index contributed by atoms with van der Waals surface area (Å²) in [6, 6.07) is 13.0. The van der Waals surface area contributed by atoms with Gasteiger partial charge >= 0.3 is 0 Å². The number of amides is 1. The van der Waals surface area contributed by atoms with E-state index in [1.807, 2.05) is 49.4 Å². The normalized spacial score (nSPS) is 10.2. The van der Waals surface area contributed by atoms with E-state index in [2.05, 4.69) is 17.6 Å². The van der Waals surface area contributed by atoms with E-state index < -0.39 is 0 Å². The number of anilines is 2. The lowest BCUT2D eigenvalue weighted by Crippen LogP contribution is -2.21. The highest BCUT2D eigenvalue weighted by atomic mass is 35.5. The van der Waals surface area contributed by atoms with Crippen LogP contribution < -0.4 is 15.4 Å². The first kappa shape index (κ1) is 17.2. The van der Waals surface area contributed by atoms with Crippen molar-refractivity contribution in [3.63, 3.8) is 0 Å². The molecule has 23 heavy (non-hydrogen) atoms. The predicted molar refractivity (Wildman–Crippen MR) is 95.5 cm³/mol. The van der Waals surface area contributed by atoms with Crippen LogP contribution >= 0.6 is 11.6 Å². The minimum absolute atomic E-state index is 0.121. The van der Waals surface area contributed by atoms with Crippen molar-refractivity contribution >= 4 is 28.9 Å². The summed E-state index contributed by atoms with van der Waals surface area (Å²) >= 11 is 6.06. The smallest absolute Gasteiger partial charge is 0.243 e. The van der Waals surface area contributed by atoms with Crippen LogP contribution in [0.25, 0.3) is 0 Å². The fourth-order valence-corrected chi connectivity index (χ4v) is 2.13. The maximum atomic E-state index is 12.0. The Balaban J connectivity index is 1.83. The summed E-state index contributed by atoms with van der Waals surface area (Å²) in [7, 11) is 0. The number of rotatable bonds is 7. The summed E-state index contributed by atoms with van der Waals surface area (Å²) in [4.78, 5) is 12.0. The highest BCUT2D eigenvalue weighted by Gasteiger charge is 2.04. The zero-order chi connectivity index (χ0) is 16.7. The van der Waals surface area contributed by atoms with E-state index >= 15 is 0 Å². The van der Waals surface area contributed by atoms with Crippen molar-refractivity contribution < 1.29 is 9.53 Å². The summed E-state index contributed by atoms with van der Waals surface area (Å²) in [5.74, 6) is 0.682. The average Bonchev–Trinajstić information content (AvgIpc) is 2.55. The molecular weight excluding hydrogens is 312 g/mol. The van der Waals surface area contributed by atoms with Crippen LogP contribution in [-0.4, -0.2) is 19.1 Å². The summed E-state index contributed by atoms with van der Waals surface area (Å²) in [6.45, 7) is 4.86. The SMILES string of the molecule is CCCOc1ccc(NC(=O)CNc2ccc(C)c(Cl)c2)cc1. The minimum Gasteiger partial charge on any atom is -0.494 e. The van der Waals surface area contributed by atoms with Crippen LogP contribution in [0, 0.1) is 6.92 Å². The van der Waals surface area contributed by atoms with E-state index in [-0.39, 0.29) is 12.5 Å². The van der Waals surface area contributed by atoms with Crippen LogP contribution in [0.5, 0.6) is 5.75 Å². The van der Waals surface area contributed by atoms with Gasteiger partial charge in [-0.1, -0.05) is 24.6 Å². The van der Waals surface area contributed by atoms with Gasteiger partial charge < -0.3 is 15.4 Å². The Morgan fingerprint density at radius 1 is 1.13 bits per heavy atom. The van der Waals surface area contributed by atoms with Crippen molar-refractivity contribution in [2.75, 3.05) is 23.8 Å². The van der Waals surface area contributed by atoms with Gasteiger partial charge in [-0.05, 0) is 55.3 Å². The molecule has 0 saturated heterocycles. The van der Waals surface area contributed by atoms with Crippen molar-refractivity contribution in [3.8, 4) is 5.75 Å². The van der Waals surface area contributed by atoms with Gasteiger partial charge in [0.25, 0.3) is 0 Å². The first-order valence-corrected chi connectivity index (χ1v) is 7.99. The van der Waals surface area contributed by atoms with Crippen molar-refractivity contribution in [1.82, 2.24) is 0 Å². The Bertz CT molecular complexity index is 657. The van der Waals surface area contributed by atoms with E-state index in [1.54, 1.807) is 0 Å². The van der Waals surface area contributed by atoms with Crippen molar-refractivity contribution in [1.29, 1.82) is 0 Å². The molecule has 0 radical (unpaired) electrons. The molecule has 4 nitrogen and oxygen atoms in total. The second-order valence-corrected chi connectivity index (χ2v) is 5.65. The Morgan fingerprint density at radius 3 is 2.48 bits per heavy atom. The molecule has 0 saturated carbocycles. The summed E-state index contributed by atoms with van der Waals surface area (Å²) in [5.41, 5.74) is 2.56. The zero-order valence-corrected chi connectivity index (χ0v) is 14.1. The number of nitrogens with one attached hydrogen (secondary N) is 2. The van der Waals surface area contributed by atoms with Gasteiger partial charge in [-0.3, -0.25) is 4.79 Å². The summed E-state index contributed by atoms with van der Waals surface area (Å²) in [5, 5.41) is 6.56. The number of hydrogen-bond acceptors (Lipinski definition) is 3. The van der Waals surface area contributed by atoms with Crippen molar-refractivity contribution in [2.24, 2.45) is 0 Å². The predicted octanol–water partition coefficient (Wildman–Crippen LogP) is 4.49. The molecule has 122 valence electrons. The Hall–Kier alpha value is -2.20. The molecule has 0 atom stereocenters. The first-order chi connectivity index (χ1) is 11.1. The van der Waals surface area contributed by atoms with Crippen LogP contribution in [0.3, 0.4) is 0 Å². The molecule has 0 unspecified atom stereocenters. The van der Waals surface area contributed by atoms with Gasteiger partial charge in [-0.25, -0.2) is 0 Å². The van der Waals surface area contributed by atoms with E-state index in [0.29, 0.717) is 11.6 Å². The summed E-state index contributed by atoms with van der Waals surface area (Å²) < 4.78 is 5.50. The molecule has 2 aromatic carbocycles. The van der Waals surface area contributed by atoms with Crippen LogP contribution in [0.4, 0.5) is 11.4 Å². The Kier molecular flexibility index (Phi) is 6.29.